The number of nitrogens with two attached hydrogens (primary N) is 1. The molecule has 3 N–H and O–H groups in total. The summed E-state index contributed by atoms with van der Waals surface area (Å²) in [5.41, 5.74) is 3.72. The summed E-state index contributed by atoms with van der Waals surface area (Å²) in [6.45, 7) is 5.15. The summed E-state index contributed by atoms with van der Waals surface area (Å²) >= 11 is 0. The molecular weight excluding hydrogens is 248 g/mol. The van der Waals surface area contributed by atoms with Gasteiger partial charge in [-0.2, -0.15) is 0 Å². The van der Waals surface area contributed by atoms with Gasteiger partial charge in [-0.05, 0) is 33.6 Å². The van der Waals surface area contributed by atoms with Gasteiger partial charge in [0.15, 0.2) is 5.72 Å². The summed E-state index contributed by atoms with van der Waals surface area (Å²) in [7, 11) is 0. The van der Waals surface area contributed by atoms with Gasteiger partial charge in [0.05, 0.1) is 6.54 Å². The molecule has 0 spiro atoms. The summed E-state index contributed by atoms with van der Waals surface area (Å²) < 4.78 is 10.5. The lowest BCUT2D eigenvalue weighted by Crippen LogP contribution is -2.54. The number of hydrogen-bond donors (Lipinski definition) is 2. The standard InChI is InChI=1S/C13H24N2O4/c1-12(2,3)19-11(17)15-13(18-10(16)9-14)7-5-4-6-8-13/h4-9,14H2,1-3H3,(H,15,17). The molecular formula is C13H24N2O4. The van der Waals surface area contributed by atoms with E-state index in [0.717, 1.165) is 19.3 Å². The monoisotopic (exact) mass is 272 g/mol. The summed E-state index contributed by atoms with van der Waals surface area (Å²) in [4.78, 5) is 23.3. The van der Waals surface area contributed by atoms with Gasteiger partial charge in [-0.25, -0.2) is 4.79 Å². The van der Waals surface area contributed by atoms with Crippen LogP contribution in [0.3, 0.4) is 0 Å². The predicted molar refractivity (Wildman–Crippen MR) is 70.3 cm³/mol. The van der Waals surface area contributed by atoms with Crippen LogP contribution in [0.25, 0.3) is 0 Å². The minimum atomic E-state index is -0.961. The number of alkyl carbamates (subject to hydrolysis) is 1. The first-order valence-corrected chi connectivity index (χ1v) is 6.69. The van der Waals surface area contributed by atoms with Gasteiger partial charge >= 0.3 is 12.1 Å². The smallest absolute Gasteiger partial charge is 0.410 e. The predicted octanol–water partition coefficient (Wildman–Crippen LogP) is 1.67. The second-order valence-electron chi connectivity index (χ2n) is 5.86. The fraction of sp³-hybridized carbons (Fsp3) is 0.846. The highest BCUT2D eigenvalue weighted by Crippen LogP contribution is 2.29. The lowest BCUT2D eigenvalue weighted by Gasteiger charge is -2.37. The van der Waals surface area contributed by atoms with Crippen LogP contribution in [0.2, 0.25) is 0 Å². The van der Waals surface area contributed by atoms with E-state index in [-0.39, 0.29) is 6.54 Å². The SMILES string of the molecule is CC(C)(C)OC(=O)NC1(OC(=O)CN)CCCCC1. The average molecular weight is 272 g/mol. The van der Waals surface area contributed by atoms with Crippen molar-refractivity contribution in [3.05, 3.63) is 0 Å². The van der Waals surface area contributed by atoms with Gasteiger partial charge in [0.2, 0.25) is 0 Å². The van der Waals surface area contributed by atoms with Gasteiger partial charge in [0.25, 0.3) is 0 Å². The Balaban J connectivity index is 2.68. The van der Waals surface area contributed by atoms with Crippen molar-refractivity contribution >= 4 is 12.1 Å². The van der Waals surface area contributed by atoms with Crippen molar-refractivity contribution in [2.45, 2.75) is 64.2 Å². The van der Waals surface area contributed by atoms with Crippen molar-refractivity contribution in [3.63, 3.8) is 0 Å². The highest BCUT2D eigenvalue weighted by Gasteiger charge is 2.38. The van der Waals surface area contributed by atoms with Crippen LogP contribution in [0.15, 0.2) is 0 Å². The zero-order valence-electron chi connectivity index (χ0n) is 12.0. The van der Waals surface area contributed by atoms with Crippen molar-refractivity contribution < 1.29 is 19.1 Å². The fourth-order valence-corrected chi connectivity index (χ4v) is 2.12. The molecule has 1 amide bonds. The van der Waals surface area contributed by atoms with E-state index in [4.69, 9.17) is 15.2 Å². The Hall–Kier alpha value is -1.30. The maximum absolute atomic E-state index is 11.8. The Bertz CT molecular complexity index is 330. The van der Waals surface area contributed by atoms with Crippen LogP contribution in [0.4, 0.5) is 4.79 Å². The number of nitrogens with one attached hydrogen (secondary N) is 1. The molecule has 110 valence electrons. The van der Waals surface area contributed by atoms with E-state index in [1.165, 1.54) is 0 Å². The number of rotatable bonds is 3. The van der Waals surface area contributed by atoms with Crippen molar-refractivity contribution in [1.82, 2.24) is 5.32 Å². The van der Waals surface area contributed by atoms with Crippen LogP contribution in [-0.4, -0.2) is 29.9 Å². The van der Waals surface area contributed by atoms with Gasteiger partial charge in [-0.1, -0.05) is 6.42 Å². The van der Waals surface area contributed by atoms with E-state index in [1.807, 2.05) is 0 Å². The third kappa shape index (κ3) is 5.46. The molecule has 0 saturated heterocycles. The third-order valence-corrected chi connectivity index (χ3v) is 2.87. The summed E-state index contributed by atoms with van der Waals surface area (Å²) in [6, 6.07) is 0. The van der Waals surface area contributed by atoms with Crippen LogP contribution in [0.5, 0.6) is 0 Å². The maximum atomic E-state index is 11.8. The second kappa shape index (κ2) is 6.23. The van der Waals surface area contributed by atoms with Gasteiger partial charge in [0.1, 0.15) is 5.60 Å². The van der Waals surface area contributed by atoms with Crippen LogP contribution in [0.1, 0.15) is 52.9 Å². The molecule has 0 aromatic rings. The Morgan fingerprint density at radius 2 is 1.79 bits per heavy atom. The molecule has 19 heavy (non-hydrogen) atoms. The zero-order chi connectivity index (χ0) is 14.5. The molecule has 0 bridgehead atoms. The lowest BCUT2D eigenvalue weighted by molar-refractivity contribution is -0.165. The quantitative estimate of drug-likeness (QED) is 0.602. The van der Waals surface area contributed by atoms with Crippen LogP contribution >= 0.6 is 0 Å². The van der Waals surface area contributed by atoms with Crippen molar-refractivity contribution in [2.75, 3.05) is 6.54 Å². The maximum Gasteiger partial charge on any atom is 0.410 e. The number of esters is 1. The van der Waals surface area contributed by atoms with Crippen molar-refractivity contribution in [1.29, 1.82) is 0 Å². The molecule has 1 fully saturated rings. The largest absolute Gasteiger partial charge is 0.444 e. The van der Waals surface area contributed by atoms with E-state index >= 15 is 0 Å². The van der Waals surface area contributed by atoms with Gasteiger partial charge < -0.3 is 15.2 Å². The van der Waals surface area contributed by atoms with Crippen molar-refractivity contribution in [3.8, 4) is 0 Å². The summed E-state index contributed by atoms with van der Waals surface area (Å²) in [5, 5.41) is 2.69. The second-order valence-corrected chi connectivity index (χ2v) is 5.86. The van der Waals surface area contributed by atoms with E-state index in [0.29, 0.717) is 12.8 Å². The van der Waals surface area contributed by atoms with E-state index < -0.39 is 23.4 Å². The van der Waals surface area contributed by atoms with Crippen LogP contribution < -0.4 is 11.1 Å². The Kier molecular flexibility index (Phi) is 5.17. The topological polar surface area (TPSA) is 90.6 Å². The molecule has 1 rings (SSSR count). The molecule has 0 atom stereocenters. The highest BCUT2D eigenvalue weighted by molar-refractivity contribution is 5.73. The minimum absolute atomic E-state index is 0.197. The molecule has 1 aliphatic carbocycles. The van der Waals surface area contributed by atoms with E-state index in [2.05, 4.69) is 5.32 Å². The third-order valence-electron chi connectivity index (χ3n) is 2.87. The van der Waals surface area contributed by atoms with E-state index in [1.54, 1.807) is 20.8 Å². The van der Waals surface area contributed by atoms with Crippen molar-refractivity contribution in [2.24, 2.45) is 5.73 Å². The molecule has 1 saturated carbocycles. The zero-order valence-corrected chi connectivity index (χ0v) is 12.0. The first-order valence-electron chi connectivity index (χ1n) is 6.69. The number of carbonyl (C=O) groups is 2. The number of ether oxygens (including phenoxy) is 2. The summed E-state index contributed by atoms with van der Waals surface area (Å²) in [5.74, 6) is -0.516. The number of carbonyl (C=O) groups excluding carboxylic acids is 2. The molecule has 6 heteroatoms. The highest BCUT2D eigenvalue weighted by atomic mass is 16.6. The van der Waals surface area contributed by atoms with Crippen LogP contribution in [0, 0.1) is 0 Å². The molecule has 0 aliphatic heterocycles. The molecule has 0 radical (unpaired) electrons. The normalized spacial score (nSPS) is 18.5. The average Bonchev–Trinajstić information content (AvgIpc) is 2.26. The Labute approximate surface area is 114 Å². The first kappa shape index (κ1) is 15.8. The van der Waals surface area contributed by atoms with Crippen LogP contribution in [-0.2, 0) is 14.3 Å². The molecule has 0 unspecified atom stereocenters. The molecule has 6 nitrogen and oxygen atoms in total. The number of hydrogen-bond acceptors (Lipinski definition) is 5. The fourth-order valence-electron chi connectivity index (χ4n) is 2.12. The van der Waals surface area contributed by atoms with Gasteiger partial charge in [-0.3, -0.25) is 10.1 Å². The molecule has 0 heterocycles. The van der Waals surface area contributed by atoms with Gasteiger partial charge in [0, 0.05) is 12.8 Å². The first-order chi connectivity index (χ1) is 8.76. The lowest BCUT2D eigenvalue weighted by atomic mass is 9.91. The minimum Gasteiger partial charge on any atom is -0.444 e. The molecule has 0 aromatic carbocycles. The van der Waals surface area contributed by atoms with E-state index in [9.17, 15) is 9.59 Å². The van der Waals surface area contributed by atoms with Gasteiger partial charge in [-0.15, -0.1) is 0 Å². The summed E-state index contributed by atoms with van der Waals surface area (Å²) in [6.07, 6.45) is 3.48. The molecule has 0 aromatic heterocycles. The molecule has 1 aliphatic rings. The number of amides is 1. The Morgan fingerprint density at radius 3 is 2.26 bits per heavy atom. The Morgan fingerprint density at radius 1 is 1.21 bits per heavy atom.